The van der Waals surface area contributed by atoms with Crippen LogP contribution in [0.3, 0.4) is 0 Å². The van der Waals surface area contributed by atoms with Crippen LogP contribution in [0, 0.1) is 6.92 Å². The molecule has 0 aromatic heterocycles. The number of ether oxygens (including phenoxy) is 2. The van der Waals surface area contributed by atoms with E-state index in [1.165, 1.54) is 16.7 Å². The molecule has 0 atom stereocenters. The standard InChI is InChI=1S/C21H28N2O2/c1-17-4-6-18(7-5-17)15-22-10-12-23(13-11-22)16-19-14-20(24-2)8-9-21(19)25-3/h4-9,14H,10-13,15-16H2,1-3H3. The van der Waals surface area contributed by atoms with Crippen molar-refractivity contribution in [1.82, 2.24) is 9.80 Å². The molecule has 0 saturated carbocycles. The lowest BCUT2D eigenvalue weighted by molar-refractivity contribution is 0.121. The molecule has 0 unspecified atom stereocenters. The van der Waals surface area contributed by atoms with Crippen LogP contribution < -0.4 is 9.47 Å². The average Bonchev–Trinajstić information content (AvgIpc) is 2.65. The van der Waals surface area contributed by atoms with Crippen LogP contribution in [0.2, 0.25) is 0 Å². The molecule has 0 radical (unpaired) electrons. The summed E-state index contributed by atoms with van der Waals surface area (Å²) in [5.74, 6) is 1.82. The van der Waals surface area contributed by atoms with Crippen LogP contribution in [-0.2, 0) is 13.1 Å². The van der Waals surface area contributed by atoms with E-state index in [0.29, 0.717) is 0 Å². The lowest BCUT2D eigenvalue weighted by Gasteiger charge is -2.35. The molecule has 2 aromatic carbocycles. The number of hydrogen-bond acceptors (Lipinski definition) is 4. The third-order valence-corrected chi connectivity index (χ3v) is 4.87. The molecule has 0 spiro atoms. The van der Waals surface area contributed by atoms with Crippen molar-refractivity contribution < 1.29 is 9.47 Å². The molecule has 4 nitrogen and oxygen atoms in total. The predicted octanol–water partition coefficient (Wildman–Crippen LogP) is 3.33. The molecule has 3 rings (SSSR count). The van der Waals surface area contributed by atoms with E-state index in [1.54, 1.807) is 14.2 Å². The van der Waals surface area contributed by atoms with E-state index in [4.69, 9.17) is 9.47 Å². The maximum absolute atomic E-state index is 5.50. The molecular weight excluding hydrogens is 312 g/mol. The van der Waals surface area contributed by atoms with Gasteiger partial charge in [-0.1, -0.05) is 29.8 Å². The van der Waals surface area contributed by atoms with Crippen LogP contribution in [-0.4, -0.2) is 50.2 Å². The zero-order chi connectivity index (χ0) is 17.6. The number of aryl methyl sites for hydroxylation is 1. The second-order valence-electron chi connectivity index (χ2n) is 6.72. The highest BCUT2D eigenvalue weighted by Gasteiger charge is 2.18. The minimum Gasteiger partial charge on any atom is -0.497 e. The molecule has 134 valence electrons. The first kappa shape index (κ1) is 17.8. The molecule has 1 saturated heterocycles. The largest absolute Gasteiger partial charge is 0.497 e. The normalized spacial score (nSPS) is 16.0. The number of piperazine rings is 1. The molecule has 0 bridgehead atoms. The van der Waals surface area contributed by atoms with Crippen molar-refractivity contribution in [2.45, 2.75) is 20.0 Å². The molecule has 1 aliphatic rings. The van der Waals surface area contributed by atoms with E-state index >= 15 is 0 Å². The van der Waals surface area contributed by atoms with Crippen LogP contribution in [0.25, 0.3) is 0 Å². The van der Waals surface area contributed by atoms with Gasteiger partial charge in [-0.05, 0) is 30.7 Å². The zero-order valence-corrected chi connectivity index (χ0v) is 15.5. The van der Waals surface area contributed by atoms with Crippen molar-refractivity contribution in [2.75, 3.05) is 40.4 Å². The third-order valence-electron chi connectivity index (χ3n) is 4.87. The molecule has 1 aliphatic heterocycles. The maximum Gasteiger partial charge on any atom is 0.123 e. The van der Waals surface area contributed by atoms with Gasteiger partial charge in [0.1, 0.15) is 11.5 Å². The summed E-state index contributed by atoms with van der Waals surface area (Å²) in [5.41, 5.74) is 3.91. The van der Waals surface area contributed by atoms with Crippen molar-refractivity contribution in [3.8, 4) is 11.5 Å². The number of hydrogen-bond donors (Lipinski definition) is 0. The molecule has 0 aliphatic carbocycles. The minimum atomic E-state index is 0.883. The Bertz CT molecular complexity index is 677. The van der Waals surface area contributed by atoms with E-state index in [2.05, 4.69) is 47.1 Å². The quantitative estimate of drug-likeness (QED) is 0.805. The van der Waals surface area contributed by atoms with Crippen LogP contribution in [0.1, 0.15) is 16.7 Å². The Morgan fingerprint density at radius 1 is 0.800 bits per heavy atom. The summed E-state index contributed by atoms with van der Waals surface area (Å²) in [4.78, 5) is 5.02. The molecule has 0 amide bonds. The topological polar surface area (TPSA) is 24.9 Å². The lowest BCUT2D eigenvalue weighted by atomic mass is 10.1. The minimum absolute atomic E-state index is 0.883. The summed E-state index contributed by atoms with van der Waals surface area (Å²) in [7, 11) is 3.43. The van der Waals surface area contributed by atoms with Crippen LogP contribution in [0.5, 0.6) is 11.5 Å². The molecule has 0 N–H and O–H groups in total. The van der Waals surface area contributed by atoms with E-state index in [9.17, 15) is 0 Å². The highest BCUT2D eigenvalue weighted by molar-refractivity contribution is 5.40. The summed E-state index contributed by atoms with van der Waals surface area (Å²) in [6.45, 7) is 8.42. The van der Waals surface area contributed by atoms with Crippen LogP contribution >= 0.6 is 0 Å². The first-order valence-corrected chi connectivity index (χ1v) is 8.89. The Morgan fingerprint density at radius 3 is 2.04 bits per heavy atom. The molecule has 2 aromatic rings. The zero-order valence-electron chi connectivity index (χ0n) is 15.5. The van der Waals surface area contributed by atoms with Crippen LogP contribution in [0.15, 0.2) is 42.5 Å². The van der Waals surface area contributed by atoms with Gasteiger partial charge < -0.3 is 9.47 Å². The molecule has 1 fully saturated rings. The molecule has 1 heterocycles. The summed E-state index contributed by atoms with van der Waals surface area (Å²) in [5, 5.41) is 0. The average molecular weight is 340 g/mol. The number of nitrogens with zero attached hydrogens (tertiary/aromatic N) is 2. The van der Waals surface area contributed by atoms with Crippen molar-refractivity contribution in [1.29, 1.82) is 0 Å². The third kappa shape index (κ3) is 4.74. The predicted molar refractivity (Wildman–Crippen MR) is 101 cm³/mol. The van der Waals surface area contributed by atoms with Crippen molar-refractivity contribution in [2.24, 2.45) is 0 Å². The fraction of sp³-hybridized carbons (Fsp3) is 0.429. The van der Waals surface area contributed by atoms with Crippen molar-refractivity contribution in [3.05, 3.63) is 59.2 Å². The molecule has 25 heavy (non-hydrogen) atoms. The van der Waals surface area contributed by atoms with Gasteiger partial charge in [0.2, 0.25) is 0 Å². The lowest BCUT2D eigenvalue weighted by Crippen LogP contribution is -2.45. The summed E-state index contributed by atoms with van der Waals surface area (Å²) >= 11 is 0. The summed E-state index contributed by atoms with van der Waals surface area (Å²) in [6.07, 6.45) is 0. The Morgan fingerprint density at radius 2 is 1.44 bits per heavy atom. The Kier molecular flexibility index (Phi) is 5.95. The van der Waals surface area contributed by atoms with Crippen LogP contribution in [0.4, 0.5) is 0 Å². The van der Waals surface area contributed by atoms with Gasteiger partial charge in [0, 0.05) is 44.8 Å². The second kappa shape index (κ2) is 8.37. The fourth-order valence-electron chi connectivity index (χ4n) is 3.30. The number of rotatable bonds is 6. The van der Waals surface area contributed by atoms with Gasteiger partial charge in [-0.25, -0.2) is 0 Å². The Labute approximate surface area is 151 Å². The van der Waals surface area contributed by atoms with E-state index in [0.717, 1.165) is 50.8 Å². The number of benzene rings is 2. The van der Waals surface area contributed by atoms with Gasteiger partial charge >= 0.3 is 0 Å². The van der Waals surface area contributed by atoms with Gasteiger partial charge in [-0.3, -0.25) is 9.80 Å². The Hall–Kier alpha value is -2.04. The van der Waals surface area contributed by atoms with Crippen molar-refractivity contribution >= 4 is 0 Å². The van der Waals surface area contributed by atoms with Gasteiger partial charge in [0.05, 0.1) is 14.2 Å². The molecular formula is C21H28N2O2. The first-order chi connectivity index (χ1) is 12.2. The van der Waals surface area contributed by atoms with Gasteiger partial charge in [0.15, 0.2) is 0 Å². The highest BCUT2D eigenvalue weighted by Crippen LogP contribution is 2.25. The smallest absolute Gasteiger partial charge is 0.123 e. The van der Waals surface area contributed by atoms with E-state index in [-0.39, 0.29) is 0 Å². The monoisotopic (exact) mass is 340 g/mol. The fourth-order valence-corrected chi connectivity index (χ4v) is 3.30. The highest BCUT2D eigenvalue weighted by atomic mass is 16.5. The van der Waals surface area contributed by atoms with Gasteiger partial charge in [-0.2, -0.15) is 0 Å². The van der Waals surface area contributed by atoms with Gasteiger partial charge in [-0.15, -0.1) is 0 Å². The van der Waals surface area contributed by atoms with E-state index < -0.39 is 0 Å². The summed E-state index contributed by atoms with van der Waals surface area (Å²) < 4.78 is 10.9. The Balaban J connectivity index is 1.55. The van der Waals surface area contributed by atoms with E-state index in [1.807, 2.05) is 12.1 Å². The SMILES string of the molecule is COc1ccc(OC)c(CN2CCN(Cc3ccc(C)cc3)CC2)c1. The molecule has 4 heteroatoms. The maximum atomic E-state index is 5.50. The van der Waals surface area contributed by atoms with Gasteiger partial charge in [0.25, 0.3) is 0 Å². The van der Waals surface area contributed by atoms with Crippen molar-refractivity contribution in [3.63, 3.8) is 0 Å². The first-order valence-electron chi connectivity index (χ1n) is 8.89. The second-order valence-corrected chi connectivity index (χ2v) is 6.72. The summed E-state index contributed by atoms with van der Waals surface area (Å²) in [6, 6.07) is 14.9. The number of methoxy groups -OCH3 is 2.